The fourth-order valence-corrected chi connectivity index (χ4v) is 9.25. The number of fused-ring (bicyclic) bond motifs is 5. The summed E-state index contributed by atoms with van der Waals surface area (Å²) >= 11 is 0. The Morgan fingerprint density at radius 1 is 1.00 bits per heavy atom. The molecule has 4 fully saturated rings. The Morgan fingerprint density at radius 2 is 1.73 bits per heavy atom. The van der Waals surface area contributed by atoms with Crippen LogP contribution >= 0.6 is 0 Å². The lowest BCUT2D eigenvalue weighted by molar-refractivity contribution is -0.210. The first kappa shape index (κ1) is 28.3. The van der Waals surface area contributed by atoms with E-state index in [0.29, 0.717) is 37.5 Å². The normalized spacial score (nSPS) is 43.5. The highest BCUT2D eigenvalue weighted by molar-refractivity contribution is 5.75. The molecule has 0 spiro atoms. The van der Waals surface area contributed by atoms with Crippen molar-refractivity contribution in [2.45, 2.75) is 104 Å². The predicted molar refractivity (Wildman–Crippen MR) is 135 cm³/mol. The monoisotopic (exact) mass is 522 g/mol. The number of hydrogen-bond donors (Lipinski definition) is 2. The highest BCUT2D eigenvalue weighted by atomic mass is 16.6. The molecule has 0 aliphatic heterocycles. The molecule has 4 aliphatic rings. The van der Waals surface area contributed by atoms with Crippen LogP contribution in [0.15, 0.2) is 0 Å². The molecule has 0 saturated heterocycles. The number of carbonyl (C=O) groups excluding carboxylic acids is 3. The van der Waals surface area contributed by atoms with Gasteiger partial charge in [0.1, 0.15) is 6.10 Å². The average molecular weight is 523 g/mol. The van der Waals surface area contributed by atoms with Crippen LogP contribution in [0.4, 0.5) is 0 Å². The lowest BCUT2D eigenvalue weighted by atomic mass is 9.43. The highest BCUT2D eigenvalue weighted by Gasteiger charge is 2.65. The molecule has 4 saturated carbocycles. The predicted octanol–water partition coefficient (Wildman–Crippen LogP) is 3.65. The number of carbonyl (C=O) groups is 3. The van der Waals surface area contributed by atoms with Gasteiger partial charge in [0.2, 0.25) is 0 Å². The number of esters is 3. The Bertz CT molecular complexity index is 874. The quantitative estimate of drug-likeness (QED) is 0.384. The van der Waals surface area contributed by atoms with Crippen molar-refractivity contribution in [1.29, 1.82) is 0 Å². The van der Waals surface area contributed by atoms with Gasteiger partial charge in [-0.05, 0) is 97.7 Å². The topological polar surface area (TPSA) is 119 Å². The second-order valence-electron chi connectivity index (χ2n) is 12.9. The van der Waals surface area contributed by atoms with Gasteiger partial charge in [-0.15, -0.1) is 0 Å². The Kier molecular flexibility index (Phi) is 8.30. The van der Waals surface area contributed by atoms with Gasteiger partial charge >= 0.3 is 17.9 Å². The third kappa shape index (κ3) is 5.17. The van der Waals surface area contributed by atoms with Crippen LogP contribution in [0.3, 0.4) is 0 Å². The maximum Gasteiger partial charge on any atom is 0.344 e. The molecule has 0 aromatic carbocycles. The number of hydrogen-bond acceptors (Lipinski definition) is 8. The first-order valence-electron chi connectivity index (χ1n) is 14.2. The number of methoxy groups -OCH3 is 1. The van der Waals surface area contributed by atoms with Gasteiger partial charge < -0.3 is 24.4 Å². The third-order valence-electron chi connectivity index (χ3n) is 11.2. The van der Waals surface area contributed by atoms with Gasteiger partial charge in [-0.3, -0.25) is 9.59 Å². The van der Waals surface area contributed by atoms with E-state index in [9.17, 15) is 24.6 Å². The molecule has 11 atom stereocenters. The number of aliphatic hydroxyl groups excluding tert-OH is 2. The standard InChI is InChI=1S/C29H46O8/c1-16(6-9-25(33)35-5)20-7-8-21-27-22(14-24(32)29(20,21)4)28(3)11-10-19(12-18(28)13-23(27)31)37-26(34)15-36-17(2)30/h16,18-24,27,31-32H,6-15H2,1-5H3/t16-,18+,19-,20-,21+,22+,23-,24+,27+,28+,29-/m1/s1. The van der Waals surface area contributed by atoms with Crippen LogP contribution in [0.25, 0.3) is 0 Å². The van der Waals surface area contributed by atoms with Gasteiger partial charge in [0.15, 0.2) is 6.61 Å². The minimum Gasteiger partial charge on any atom is -0.469 e. The summed E-state index contributed by atoms with van der Waals surface area (Å²) in [5.41, 5.74) is -0.302. The van der Waals surface area contributed by atoms with E-state index < -0.39 is 24.1 Å². The maximum atomic E-state index is 12.1. The van der Waals surface area contributed by atoms with Crippen LogP contribution in [0.2, 0.25) is 0 Å². The van der Waals surface area contributed by atoms with Crippen molar-refractivity contribution in [2.24, 2.45) is 46.3 Å². The summed E-state index contributed by atoms with van der Waals surface area (Å²) < 4.78 is 15.2. The fourth-order valence-electron chi connectivity index (χ4n) is 9.25. The van der Waals surface area contributed by atoms with Crippen LogP contribution in [-0.4, -0.2) is 60.1 Å². The van der Waals surface area contributed by atoms with E-state index in [-0.39, 0.29) is 53.2 Å². The SMILES string of the molecule is COC(=O)CC[C@@H](C)[C@H]1CC[C@H]2[C@@H]3[C@H](O)C[C@@H]4C[C@H](OC(=O)COC(C)=O)CC[C@]4(C)[C@H]3C[C@H](O)[C@]12C. The molecule has 0 aromatic heterocycles. The minimum atomic E-state index is -0.528. The summed E-state index contributed by atoms with van der Waals surface area (Å²) in [4.78, 5) is 34.9. The molecule has 8 heteroatoms. The smallest absolute Gasteiger partial charge is 0.344 e. The van der Waals surface area contributed by atoms with Crippen molar-refractivity contribution in [3.8, 4) is 0 Å². The van der Waals surface area contributed by atoms with E-state index in [1.54, 1.807) is 0 Å². The molecular formula is C29H46O8. The lowest BCUT2D eigenvalue weighted by Gasteiger charge is -2.63. The molecule has 4 rings (SSSR count). The molecule has 0 bridgehead atoms. The van der Waals surface area contributed by atoms with Crippen LogP contribution in [0.5, 0.6) is 0 Å². The molecule has 0 heterocycles. The van der Waals surface area contributed by atoms with Gasteiger partial charge in [-0.2, -0.15) is 0 Å². The average Bonchev–Trinajstić information content (AvgIpc) is 3.21. The van der Waals surface area contributed by atoms with Crippen molar-refractivity contribution >= 4 is 17.9 Å². The van der Waals surface area contributed by atoms with Gasteiger partial charge in [0.25, 0.3) is 0 Å². The maximum absolute atomic E-state index is 12.1. The van der Waals surface area contributed by atoms with E-state index in [1.807, 2.05) is 0 Å². The van der Waals surface area contributed by atoms with Crippen molar-refractivity contribution in [1.82, 2.24) is 0 Å². The lowest BCUT2D eigenvalue weighted by Crippen LogP contribution is -2.62. The molecule has 0 amide bonds. The second-order valence-corrected chi connectivity index (χ2v) is 12.9. The third-order valence-corrected chi connectivity index (χ3v) is 11.2. The Balaban J connectivity index is 1.47. The summed E-state index contributed by atoms with van der Waals surface area (Å²) in [6.45, 7) is 7.63. The zero-order valence-corrected chi connectivity index (χ0v) is 23.1. The van der Waals surface area contributed by atoms with E-state index in [2.05, 4.69) is 20.8 Å². The van der Waals surface area contributed by atoms with Crippen LogP contribution in [0, 0.1) is 46.3 Å². The van der Waals surface area contributed by atoms with Gasteiger partial charge in [0.05, 0.1) is 19.3 Å². The Hall–Kier alpha value is -1.67. The van der Waals surface area contributed by atoms with Crippen LogP contribution < -0.4 is 0 Å². The van der Waals surface area contributed by atoms with Gasteiger partial charge in [-0.1, -0.05) is 20.8 Å². The van der Waals surface area contributed by atoms with Crippen LogP contribution in [0.1, 0.15) is 85.5 Å². The molecule has 8 nitrogen and oxygen atoms in total. The van der Waals surface area contributed by atoms with Gasteiger partial charge in [0, 0.05) is 13.3 Å². The largest absolute Gasteiger partial charge is 0.469 e. The molecule has 2 N–H and O–H groups in total. The number of rotatable bonds is 7. The molecule has 0 aromatic rings. The van der Waals surface area contributed by atoms with Crippen molar-refractivity contribution in [3.05, 3.63) is 0 Å². The van der Waals surface area contributed by atoms with Crippen molar-refractivity contribution in [2.75, 3.05) is 13.7 Å². The molecular weight excluding hydrogens is 476 g/mol. The van der Waals surface area contributed by atoms with Crippen molar-refractivity contribution in [3.63, 3.8) is 0 Å². The zero-order valence-electron chi connectivity index (χ0n) is 23.1. The Labute approximate surface area is 220 Å². The zero-order chi connectivity index (χ0) is 27.1. The van der Waals surface area contributed by atoms with Crippen molar-refractivity contribution < 1.29 is 38.8 Å². The summed E-state index contributed by atoms with van der Waals surface area (Å²) in [5, 5.41) is 23.2. The van der Waals surface area contributed by atoms with E-state index in [4.69, 9.17) is 14.2 Å². The van der Waals surface area contributed by atoms with Crippen LogP contribution in [-0.2, 0) is 28.6 Å². The van der Waals surface area contributed by atoms with E-state index in [1.165, 1.54) is 14.0 Å². The van der Waals surface area contributed by atoms with E-state index >= 15 is 0 Å². The van der Waals surface area contributed by atoms with Gasteiger partial charge in [-0.25, -0.2) is 4.79 Å². The minimum absolute atomic E-state index is 0.0282. The molecule has 210 valence electrons. The summed E-state index contributed by atoms with van der Waals surface area (Å²) in [6, 6.07) is 0. The molecule has 4 aliphatic carbocycles. The fraction of sp³-hybridized carbons (Fsp3) is 0.897. The Morgan fingerprint density at radius 3 is 2.41 bits per heavy atom. The molecule has 0 radical (unpaired) electrons. The number of aliphatic hydroxyl groups is 2. The summed E-state index contributed by atoms with van der Waals surface area (Å²) in [6.07, 6.45) is 5.69. The second kappa shape index (κ2) is 10.8. The highest BCUT2D eigenvalue weighted by Crippen LogP contribution is 2.68. The summed E-state index contributed by atoms with van der Waals surface area (Å²) in [7, 11) is 1.42. The number of ether oxygens (including phenoxy) is 3. The van der Waals surface area contributed by atoms with E-state index in [0.717, 1.165) is 32.1 Å². The summed E-state index contributed by atoms with van der Waals surface area (Å²) in [5.74, 6) is 0.196. The first-order chi connectivity index (χ1) is 17.4. The first-order valence-corrected chi connectivity index (χ1v) is 14.2. The molecule has 0 unspecified atom stereocenters. The molecule has 37 heavy (non-hydrogen) atoms.